The topological polar surface area (TPSA) is 84.0 Å². The number of aromatic nitrogens is 1. The summed E-state index contributed by atoms with van der Waals surface area (Å²) in [6.07, 6.45) is 4.99. The van der Waals surface area contributed by atoms with Gasteiger partial charge in [0.25, 0.3) is 0 Å². The fraction of sp³-hybridized carbons (Fsp3) is 0.262. The Balaban J connectivity index is 1.11. The van der Waals surface area contributed by atoms with E-state index in [9.17, 15) is 9.59 Å². The lowest BCUT2D eigenvalue weighted by Gasteiger charge is -2.17. The van der Waals surface area contributed by atoms with Crippen LogP contribution in [0, 0.1) is 5.92 Å². The number of carbonyl (C=O) groups is 2. The van der Waals surface area contributed by atoms with Gasteiger partial charge in [0.2, 0.25) is 5.88 Å². The molecule has 0 saturated heterocycles. The molecular formula is C42H43NO6. The van der Waals surface area contributed by atoms with E-state index in [1.165, 1.54) is 14.2 Å². The van der Waals surface area contributed by atoms with Gasteiger partial charge in [0.15, 0.2) is 0 Å². The van der Waals surface area contributed by atoms with Crippen LogP contribution in [-0.2, 0) is 27.3 Å². The molecule has 0 spiro atoms. The Labute approximate surface area is 288 Å². The van der Waals surface area contributed by atoms with Gasteiger partial charge in [0.05, 0.1) is 38.0 Å². The molecule has 1 unspecified atom stereocenters. The number of ether oxygens (including phenoxy) is 4. The number of nitrogens with zero attached hydrogens (tertiary/aromatic N) is 1. The van der Waals surface area contributed by atoms with E-state index in [1.807, 2.05) is 78.9 Å². The summed E-state index contributed by atoms with van der Waals surface area (Å²) in [4.78, 5) is 29.3. The monoisotopic (exact) mass is 657 g/mol. The Morgan fingerprint density at radius 1 is 0.653 bits per heavy atom. The van der Waals surface area contributed by atoms with Crippen molar-refractivity contribution in [2.24, 2.45) is 5.92 Å². The molecule has 49 heavy (non-hydrogen) atoms. The number of unbranched alkanes of at least 4 members (excludes halogenated alkanes) is 3. The zero-order valence-corrected chi connectivity index (χ0v) is 28.2. The molecule has 0 bridgehead atoms. The third-order valence-corrected chi connectivity index (χ3v) is 8.42. The van der Waals surface area contributed by atoms with Gasteiger partial charge in [-0.15, -0.1) is 0 Å². The van der Waals surface area contributed by atoms with E-state index in [-0.39, 0.29) is 17.9 Å². The fourth-order valence-electron chi connectivity index (χ4n) is 5.72. The number of hydrogen-bond donors (Lipinski definition) is 0. The van der Waals surface area contributed by atoms with Crippen LogP contribution in [0.3, 0.4) is 0 Å². The normalized spacial score (nSPS) is 11.4. The summed E-state index contributed by atoms with van der Waals surface area (Å²) in [5.74, 6) is 0.484. The number of esters is 2. The molecule has 0 fully saturated rings. The van der Waals surface area contributed by atoms with Gasteiger partial charge < -0.3 is 18.9 Å². The van der Waals surface area contributed by atoms with Crippen LogP contribution in [0.1, 0.15) is 53.6 Å². The van der Waals surface area contributed by atoms with Gasteiger partial charge in [0.1, 0.15) is 12.4 Å². The van der Waals surface area contributed by atoms with Crippen LogP contribution in [0.2, 0.25) is 0 Å². The third kappa shape index (κ3) is 10.3. The van der Waals surface area contributed by atoms with Crippen LogP contribution in [0.25, 0.3) is 22.4 Å². The number of rotatable bonds is 17. The molecule has 5 rings (SSSR count). The summed E-state index contributed by atoms with van der Waals surface area (Å²) in [5.41, 5.74) is 6.49. The van der Waals surface area contributed by atoms with Crippen LogP contribution in [0.5, 0.6) is 11.6 Å². The molecule has 7 nitrogen and oxygen atoms in total. The number of para-hydroxylation sites is 1. The first kappa shape index (κ1) is 34.9. The average Bonchev–Trinajstić information content (AvgIpc) is 3.16. The fourth-order valence-corrected chi connectivity index (χ4v) is 5.72. The molecule has 1 aromatic heterocycles. The Bertz CT molecular complexity index is 1720. The SMILES string of the molecule is COC(=O)c1ccc(COc2ccccc2CC(CCCCCCOc2cc(-c3ccccc3)cc(-c3ccccc3)n2)C(=O)OC)cc1. The lowest BCUT2D eigenvalue weighted by molar-refractivity contribution is -0.145. The average molecular weight is 658 g/mol. The van der Waals surface area contributed by atoms with Crippen molar-refractivity contribution < 1.29 is 28.5 Å². The maximum Gasteiger partial charge on any atom is 0.337 e. The van der Waals surface area contributed by atoms with E-state index in [0.29, 0.717) is 31.1 Å². The van der Waals surface area contributed by atoms with E-state index in [4.69, 9.17) is 23.9 Å². The van der Waals surface area contributed by atoms with Crippen molar-refractivity contribution >= 4 is 11.9 Å². The lowest BCUT2D eigenvalue weighted by atomic mass is 9.93. The second-order valence-corrected chi connectivity index (χ2v) is 11.9. The van der Waals surface area contributed by atoms with Gasteiger partial charge >= 0.3 is 11.9 Å². The van der Waals surface area contributed by atoms with Crippen LogP contribution >= 0.6 is 0 Å². The molecule has 0 amide bonds. The molecule has 0 saturated carbocycles. The molecule has 0 aliphatic heterocycles. The van der Waals surface area contributed by atoms with Crippen molar-refractivity contribution in [2.45, 2.75) is 45.1 Å². The summed E-state index contributed by atoms with van der Waals surface area (Å²) in [5, 5.41) is 0. The van der Waals surface area contributed by atoms with Gasteiger partial charge in [-0.1, -0.05) is 110 Å². The maximum absolute atomic E-state index is 12.8. The molecule has 5 aromatic rings. The van der Waals surface area contributed by atoms with E-state index in [0.717, 1.165) is 71.4 Å². The van der Waals surface area contributed by atoms with Crippen molar-refractivity contribution in [3.63, 3.8) is 0 Å². The van der Waals surface area contributed by atoms with Crippen LogP contribution in [0.4, 0.5) is 0 Å². The zero-order valence-electron chi connectivity index (χ0n) is 28.2. The first-order valence-corrected chi connectivity index (χ1v) is 16.8. The van der Waals surface area contributed by atoms with Gasteiger partial charge in [0, 0.05) is 11.6 Å². The minimum atomic E-state index is -0.375. The summed E-state index contributed by atoms with van der Waals surface area (Å²) >= 11 is 0. The van der Waals surface area contributed by atoms with Crippen molar-refractivity contribution in [2.75, 3.05) is 20.8 Å². The number of benzene rings is 4. The van der Waals surface area contributed by atoms with Crippen LogP contribution in [0.15, 0.2) is 121 Å². The molecule has 7 heteroatoms. The Hall–Kier alpha value is -5.43. The second-order valence-electron chi connectivity index (χ2n) is 11.9. The molecule has 1 heterocycles. The third-order valence-electron chi connectivity index (χ3n) is 8.42. The quantitative estimate of drug-likeness (QED) is 0.0728. The molecule has 252 valence electrons. The molecule has 4 aromatic carbocycles. The van der Waals surface area contributed by atoms with E-state index in [1.54, 1.807) is 12.1 Å². The van der Waals surface area contributed by atoms with Gasteiger partial charge in [-0.3, -0.25) is 4.79 Å². The standard InChI is InChI=1S/C42H43NO6/c1-46-41(44)34-24-22-31(23-25-34)30-49-39-21-13-12-19-35(39)27-36(42(45)47-2)20-7-3-4-14-26-48-40-29-37(32-15-8-5-9-16-32)28-38(43-40)33-17-10-6-11-18-33/h5-6,8-13,15-19,21-25,28-29,36H,3-4,7,14,20,26-27,30H2,1-2H3. The Morgan fingerprint density at radius 2 is 1.33 bits per heavy atom. The highest BCUT2D eigenvalue weighted by molar-refractivity contribution is 5.89. The minimum Gasteiger partial charge on any atom is -0.489 e. The predicted octanol–water partition coefficient (Wildman–Crippen LogP) is 9.14. The Morgan fingerprint density at radius 3 is 2.04 bits per heavy atom. The highest BCUT2D eigenvalue weighted by atomic mass is 16.5. The van der Waals surface area contributed by atoms with Crippen LogP contribution in [-0.4, -0.2) is 37.7 Å². The van der Waals surface area contributed by atoms with Crippen molar-refractivity contribution in [1.29, 1.82) is 0 Å². The molecule has 1 atom stereocenters. The number of methoxy groups -OCH3 is 2. The molecule has 0 radical (unpaired) electrons. The molecule has 0 aliphatic rings. The number of hydrogen-bond acceptors (Lipinski definition) is 7. The first-order chi connectivity index (χ1) is 24.0. The lowest BCUT2D eigenvalue weighted by Crippen LogP contribution is -2.19. The maximum atomic E-state index is 12.8. The van der Waals surface area contributed by atoms with Gasteiger partial charge in [-0.05, 0) is 65.8 Å². The smallest absolute Gasteiger partial charge is 0.337 e. The summed E-state index contributed by atoms with van der Waals surface area (Å²) in [6.45, 7) is 0.902. The summed E-state index contributed by atoms with van der Waals surface area (Å²) in [7, 11) is 2.80. The van der Waals surface area contributed by atoms with E-state index >= 15 is 0 Å². The largest absolute Gasteiger partial charge is 0.489 e. The minimum absolute atomic E-state index is 0.213. The van der Waals surface area contributed by atoms with Crippen molar-refractivity contribution in [1.82, 2.24) is 4.98 Å². The van der Waals surface area contributed by atoms with E-state index < -0.39 is 0 Å². The highest BCUT2D eigenvalue weighted by Gasteiger charge is 2.21. The molecule has 0 aliphatic carbocycles. The second kappa shape index (κ2) is 18.2. The van der Waals surface area contributed by atoms with Gasteiger partial charge in [-0.25, -0.2) is 9.78 Å². The summed E-state index contributed by atoms with van der Waals surface area (Å²) < 4.78 is 22.3. The molecular weight excluding hydrogens is 614 g/mol. The highest BCUT2D eigenvalue weighted by Crippen LogP contribution is 2.29. The first-order valence-electron chi connectivity index (χ1n) is 16.8. The van der Waals surface area contributed by atoms with Crippen molar-refractivity contribution in [3.05, 3.63) is 138 Å². The van der Waals surface area contributed by atoms with Crippen LogP contribution < -0.4 is 9.47 Å². The van der Waals surface area contributed by atoms with Gasteiger partial charge in [-0.2, -0.15) is 0 Å². The number of pyridine rings is 1. The zero-order chi connectivity index (χ0) is 34.3. The predicted molar refractivity (Wildman–Crippen MR) is 191 cm³/mol. The van der Waals surface area contributed by atoms with E-state index in [2.05, 4.69) is 30.3 Å². The van der Waals surface area contributed by atoms with Crippen molar-refractivity contribution in [3.8, 4) is 34.0 Å². The number of carbonyl (C=O) groups excluding carboxylic acids is 2. The Kier molecular flexibility index (Phi) is 13.0. The summed E-state index contributed by atoms with van der Waals surface area (Å²) in [6, 6.07) is 39.4. The molecule has 0 N–H and O–H groups in total.